The fourth-order valence-electron chi connectivity index (χ4n) is 3.18. The molecule has 1 heterocycles. The molecule has 0 saturated carbocycles. The Kier molecular flexibility index (Phi) is 5.09. The van der Waals surface area contributed by atoms with Gasteiger partial charge in [-0.25, -0.2) is 0 Å². The largest absolute Gasteiger partial charge is 0.369 e. The van der Waals surface area contributed by atoms with Crippen LogP contribution in [0.3, 0.4) is 0 Å². The van der Waals surface area contributed by atoms with E-state index in [2.05, 4.69) is 70.5 Å². The molecule has 116 valence electrons. The maximum Gasteiger partial charge on any atom is 0.0367 e. The molecule has 3 nitrogen and oxygen atoms in total. The number of benzene rings is 2. The standard InChI is InChI=1S/C19H25N3/c20-15-18(17-7-3-1-4-8-17)16-21-11-13-22(14-12-21)19-9-5-2-6-10-19/h1-10,18H,11-16,20H2. The first-order valence-corrected chi connectivity index (χ1v) is 8.14. The van der Waals surface area contributed by atoms with Gasteiger partial charge in [0, 0.05) is 50.9 Å². The van der Waals surface area contributed by atoms with E-state index in [9.17, 15) is 0 Å². The van der Waals surface area contributed by atoms with Crippen LogP contribution in [0.4, 0.5) is 5.69 Å². The molecular weight excluding hydrogens is 270 g/mol. The average molecular weight is 295 g/mol. The fourth-order valence-corrected chi connectivity index (χ4v) is 3.18. The molecule has 0 aromatic heterocycles. The minimum absolute atomic E-state index is 0.435. The van der Waals surface area contributed by atoms with Gasteiger partial charge in [-0.15, -0.1) is 0 Å². The lowest BCUT2D eigenvalue weighted by Gasteiger charge is -2.37. The van der Waals surface area contributed by atoms with Crippen LogP contribution in [0.1, 0.15) is 11.5 Å². The Morgan fingerprint density at radius 3 is 2.00 bits per heavy atom. The average Bonchev–Trinajstić information content (AvgIpc) is 2.62. The van der Waals surface area contributed by atoms with Crippen LogP contribution in [0.5, 0.6) is 0 Å². The molecule has 1 atom stereocenters. The van der Waals surface area contributed by atoms with Crippen molar-refractivity contribution >= 4 is 5.69 Å². The van der Waals surface area contributed by atoms with Gasteiger partial charge in [0.2, 0.25) is 0 Å². The molecule has 22 heavy (non-hydrogen) atoms. The van der Waals surface area contributed by atoms with Crippen LogP contribution in [-0.4, -0.2) is 44.2 Å². The highest BCUT2D eigenvalue weighted by atomic mass is 15.3. The van der Waals surface area contributed by atoms with Gasteiger partial charge in [0.1, 0.15) is 0 Å². The molecule has 0 amide bonds. The van der Waals surface area contributed by atoms with E-state index in [0.29, 0.717) is 12.5 Å². The maximum absolute atomic E-state index is 6.00. The van der Waals surface area contributed by atoms with Crippen LogP contribution in [0.25, 0.3) is 0 Å². The Morgan fingerprint density at radius 2 is 1.41 bits per heavy atom. The predicted octanol–water partition coefficient (Wildman–Crippen LogP) is 2.55. The van der Waals surface area contributed by atoms with E-state index < -0.39 is 0 Å². The third-order valence-corrected chi connectivity index (χ3v) is 4.53. The van der Waals surface area contributed by atoms with E-state index in [1.165, 1.54) is 11.3 Å². The van der Waals surface area contributed by atoms with E-state index in [4.69, 9.17) is 5.73 Å². The topological polar surface area (TPSA) is 32.5 Å². The highest BCUT2D eigenvalue weighted by Crippen LogP contribution is 2.19. The number of hydrogen-bond acceptors (Lipinski definition) is 3. The Labute approximate surface area is 133 Å². The molecule has 2 aromatic carbocycles. The number of piperazine rings is 1. The zero-order valence-electron chi connectivity index (χ0n) is 13.1. The van der Waals surface area contributed by atoms with Crippen molar-refractivity contribution in [2.45, 2.75) is 5.92 Å². The van der Waals surface area contributed by atoms with Gasteiger partial charge in [0.15, 0.2) is 0 Å². The second kappa shape index (κ2) is 7.43. The molecule has 1 aliphatic rings. The molecule has 3 rings (SSSR count). The molecular formula is C19H25N3. The zero-order chi connectivity index (χ0) is 15.2. The normalized spacial score (nSPS) is 17.4. The summed E-state index contributed by atoms with van der Waals surface area (Å²) in [6, 6.07) is 21.3. The molecule has 0 aliphatic carbocycles. The van der Waals surface area contributed by atoms with Crippen molar-refractivity contribution in [2.24, 2.45) is 5.73 Å². The summed E-state index contributed by atoms with van der Waals surface area (Å²) in [6.45, 7) is 6.18. The molecule has 0 spiro atoms. The smallest absolute Gasteiger partial charge is 0.0367 e. The summed E-state index contributed by atoms with van der Waals surface area (Å²) in [6.07, 6.45) is 0. The Hall–Kier alpha value is -1.84. The van der Waals surface area contributed by atoms with E-state index >= 15 is 0 Å². The van der Waals surface area contributed by atoms with Crippen LogP contribution >= 0.6 is 0 Å². The molecule has 1 saturated heterocycles. The summed E-state index contributed by atoms with van der Waals surface area (Å²) in [5.74, 6) is 0.435. The summed E-state index contributed by atoms with van der Waals surface area (Å²) in [7, 11) is 0. The zero-order valence-corrected chi connectivity index (χ0v) is 13.1. The monoisotopic (exact) mass is 295 g/mol. The van der Waals surface area contributed by atoms with Crippen LogP contribution < -0.4 is 10.6 Å². The van der Waals surface area contributed by atoms with Gasteiger partial charge >= 0.3 is 0 Å². The van der Waals surface area contributed by atoms with Gasteiger partial charge in [-0.2, -0.15) is 0 Å². The van der Waals surface area contributed by atoms with Crippen molar-refractivity contribution < 1.29 is 0 Å². The number of nitrogens with two attached hydrogens (primary N) is 1. The molecule has 2 N–H and O–H groups in total. The summed E-state index contributed by atoms with van der Waals surface area (Å²) in [5, 5.41) is 0. The lowest BCUT2D eigenvalue weighted by Crippen LogP contribution is -2.48. The Bertz CT molecular complexity index is 547. The highest BCUT2D eigenvalue weighted by molar-refractivity contribution is 5.46. The molecule has 1 unspecified atom stereocenters. The van der Waals surface area contributed by atoms with Gasteiger partial charge in [-0.05, 0) is 17.7 Å². The number of anilines is 1. The fraction of sp³-hybridized carbons (Fsp3) is 0.368. The van der Waals surface area contributed by atoms with Crippen LogP contribution in [0, 0.1) is 0 Å². The van der Waals surface area contributed by atoms with E-state index in [1.807, 2.05) is 0 Å². The first-order valence-electron chi connectivity index (χ1n) is 8.14. The van der Waals surface area contributed by atoms with E-state index in [-0.39, 0.29) is 0 Å². The highest BCUT2D eigenvalue weighted by Gasteiger charge is 2.20. The minimum Gasteiger partial charge on any atom is -0.369 e. The lowest BCUT2D eigenvalue weighted by atomic mass is 9.98. The summed E-state index contributed by atoms with van der Waals surface area (Å²) < 4.78 is 0. The van der Waals surface area contributed by atoms with Gasteiger partial charge in [-0.1, -0.05) is 48.5 Å². The molecule has 3 heteroatoms. The molecule has 2 aromatic rings. The van der Waals surface area contributed by atoms with Crippen LogP contribution in [0.15, 0.2) is 60.7 Å². The maximum atomic E-state index is 6.00. The first kappa shape index (κ1) is 15.1. The summed E-state index contributed by atoms with van der Waals surface area (Å²) >= 11 is 0. The van der Waals surface area contributed by atoms with Gasteiger partial charge < -0.3 is 10.6 Å². The quantitative estimate of drug-likeness (QED) is 0.920. The second-order valence-corrected chi connectivity index (χ2v) is 5.97. The molecule has 0 radical (unpaired) electrons. The van der Waals surface area contributed by atoms with Crippen LogP contribution in [-0.2, 0) is 0 Å². The summed E-state index contributed by atoms with van der Waals surface area (Å²) in [4.78, 5) is 5.01. The first-order chi connectivity index (χ1) is 10.9. The Balaban J connectivity index is 1.55. The Morgan fingerprint density at radius 1 is 0.818 bits per heavy atom. The van der Waals surface area contributed by atoms with Crippen molar-refractivity contribution in [1.29, 1.82) is 0 Å². The van der Waals surface area contributed by atoms with Gasteiger partial charge in [0.25, 0.3) is 0 Å². The van der Waals surface area contributed by atoms with Crippen molar-refractivity contribution in [2.75, 3.05) is 44.2 Å². The van der Waals surface area contributed by atoms with Crippen LogP contribution in [0.2, 0.25) is 0 Å². The summed E-state index contributed by atoms with van der Waals surface area (Å²) in [5.41, 5.74) is 8.69. The number of hydrogen-bond donors (Lipinski definition) is 1. The van der Waals surface area contributed by atoms with E-state index in [0.717, 1.165) is 32.7 Å². The van der Waals surface area contributed by atoms with Crippen molar-refractivity contribution in [1.82, 2.24) is 4.90 Å². The number of para-hydroxylation sites is 1. The van der Waals surface area contributed by atoms with E-state index in [1.54, 1.807) is 0 Å². The molecule has 0 bridgehead atoms. The van der Waals surface area contributed by atoms with Crippen molar-refractivity contribution in [3.05, 3.63) is 66.2 Å². The van der Waals surface area contributed by atoms with Crippen molar-refractivity contribution in [3.8, 4) is 0 Å². The minimum atomic E-state index is 0.435. The SMILES string of the molecule is NCC(CN1CCN(c2ccccc2)CC1)c1ccccc1. The van der Waals surface area contributed by atoms with Gasteiger partial charge in [-0.3, -0.25) is 4.90 Å². The van der Waals surface area contributed by atoms with Crippen molar-refractivity contribution in [3.63, 3.8) is 0 Å². The molecule has 1 aliphatic heterocycles. The number of rotatable bonds is 5. The number of nitrogens with zero attached hydrogens (tertiary/aromatic N) is 2. The third kappa shape index (κ3) is 3.67. The second-order valence-electron chi connectivity index (χ2n) is 5.97. The lowest BCUT2D eigenvalue weighted by molar-refractivity contribution is 0.243. The van der Waals surface area contributed by atoms with Gasteiger partial charge in [0.05, 0.1) is 0 Å². The third-order valence-electron chi connectivity index (χ3n) is 4.53. The predicted molar refractivity (Wildman–Crippen MR) is 93.3 cm³/mol. The molecule has 1 fully saturated rings.